The Balaban J connectivity index is 1.71. The molecule has 3 aromatic rings. The second-order valence-corrected chi connectivity index (χ2v) is 8.97. The highest BCUT2D eigenvalue weighted by molar-refractivity contribution is 8.05. The predicted molar refractivity (Wildman–Crippen MR) is 134 cm³/mol. The molecule has 0 saturated heterocycles. The highest BCUT2D eigenvalue weighted by atomic mass is 35.5. The maximum Gasteiger partial charge on any atom is 0.270 e. The van der Waals surface area contributed by atoms with Crippen LogP contribution in [0.25, 0.3) is 0 Å². The average Bonchev–Trinajstić information content (AvgIpc) is 2.80. The largest absolute Gasteiger partial charge is 0.394 e. The second-order valence-electron chi connectivity index (χ2n) is 7.11. The van der Waals surface area contributed by atoms with Crippen molar-refractivity contribution in [2.45, 2.75) is 19.5 Å². The van der Waals surface area contributed by atoms with E-state index in [0.717, 1.165) is 21.6 Å². The predicted octanol–water partition coefficient (Wildman–Crippen LogP) is 6.21. The van der Waals surface area contributed by atoms with Crippen molar-refractivity contribution in [3.63, 3.8) is 0 Å². The van der Waals surface area contributed by atoms with Crippen LogP contribution in [0.4, 0.5) is 0 Å². The minimum Gasteiger partial charge on any atom is -0.394 e. The first-order valence-electron chi connectivity index (χ1n) is 9.89. The zero-order chi connectivity index (χ0) is 22.9. The Labute approximate surface area is 202 Å². The molecule has 4 nitrogen and oxygen atoms in total. The number of carbonyl (C=O) groups is 1. The summed E-state index contributed by atoms with van der Waals surface area (Å²) in [5.74, 6) is -0.248. The molecule has 3 rings (SSSR count). The van der Waals surface area contributed by atoms with Gasteiger partial charge in [-0.1, -0.05) is 66.2 Å². The molecule has 7 heteroatoms. The SMILES string of the molecule is C=C(Cc1c(Cl)cccc1Cl)S/C=C(\N)C(=O)N(Cc1ccccc1)Cc1ccncc1. The highest BCUT2D eigenvalue weighted by Crippen LogP contribution is 2.30. The number of nitrogens with two attached hydrogens (primary N) is 1. The number of aromatic nitrogens is 1. The van der Waals surface area contributed by atoms with Crippen LogP contribution in [0.1, 0.15) is 16.7 Å². The van der Waals surface area contributed by atoms with E-state index in [2.05, 4.69) is 11.6 Å². The fourth-order valence-electron chi connectivity index (χ4n) is 3.03. The van der Waals surface area contributed by atoms with Crippen LogP contribution in [0.3, 0.4) is 0 Å². The average molecular weight is 484 g/mol. The number of hydrogen-bond acceptors (Lipinski definition) is 4. The molecule has 164 valence electrons. The summed E-state index contributed by atoms with van der Waals surface area (Å²) in [5, 5.41) is 2.79. The van der Waals surface area contributed by atoms with E-state index in [0.29, 0.717) is 29.6 Å². The lowest BCUT2D eigenvalue weighted by molar-refractivity contribution is -0.128. The Morgan fingerprint density at radius 2 is 1.56 bits per heavy atom. The van der Waals surface area contributed by atoms with E-state index in [4.69, 9.17) is 28.9 Å². The van der Waals surface area contributed by atoms with Crippen LogP contribution in [0.15, 0.2) is 95.6 Å². The number of rotatable bonds is 9. The minimum atomic E-state index is -0.248. The fraction of sp³-hybridized carbons (Fsp3) is 0.120. The van der Waals surface area contributed by atoms with Crippen molar-refractivity contribution in [3.05, 3.63) is 122 Å². The Morgan fingerprint density at radius 3 is 2.19 bits per heavy atom. The zero-order valence-electron chi connectivity index (χ0n) is 17.4. The molecule has 0 unspecified atom stereocenters. The van der Waals surface area contributed by atoms with Crippen molar-refractivity contribution in [1.82, 2.24) is 9.88 Å². The van der Waals surface area contributed by atoms with Gasteiger partial charge in [-0.2, -0.15) is 0 Å². The number of hydrogen-bond donors (Lipinski definition) is 1. The zero-order valence-corrected chi connectivity index (χ0v) is 19.7. The summed E-state index contributed by atoms with van der Waals surface area (Å²) < 4.78 is 0. The third-order valence-electron chi connectivity index (χ3n) is 4.66. The summed E-state index contributed by atoms with van der Waals surface area (Å²) in [6, 6.07) is 18.9. The maximum absolute atomic E-state index is 13.2. The summed E-state index contributed by atoms with van der Waals surface area (Å²) in [7, 11) is 0. The molecule has 2 N–H and O–H groups in total. The fourth-order valence-corrected chi connectivity index (χ4v) is 4.18. The van der Waals surface area contributed by atoms with Crippen molar-refractivity contribution in [3.8, 4) is 0 Å². The minimum absolute atomic E-state index is 0.145. The van der Waals surface area contributed by atoms with E-state index in [1.807, 2.05) is 42.5 Å². The van der Waals surface area contributed by atoms with E-state index in [1.165, 1.54) is 11.8 Å². The summed E-state index contributed by atoms with van der Waals surface area (Å²) in [6.45, 7) is 4.92. The van der Waals surface area contributed by atoms with Gasteiger partial charge in [0.25, 0.3) is 5.91 Å². The number of nitrogens with zero attached hydrogens (tertiary/aromatic N) is 2. The molecule has 32 heavy (non-hydrogen) atoms. The first-order valence-corrected chi connectivity index (χ1v) is 11.5. The summed E-state index contributed by atoms with van der Waals surface area (Å²) in [4.78, 5) is 19.7. The molecule has 0 aliphatic carbocycles. The highest BCUT2D eigenvalue weighted by Gasteiger charge is 2.17. The summed E-state index contributed by atoms with van der Waals surface area (Å²) in [6.07, 6.45) is 3.89. The second kappa shape index (κ2) is 11.8. The molecule has 0 aliphatic heterocycles. The lowest BCUT2D eigenvalue weighted by Crippen LogP contribution is -2.33. The standard InChI is InChI=1S/C25H23Cl2N3OS/c1-18(14-21-22(26)8-5-9-23(21)27)32-17-24(28)25(31)30(15-19-6-3-2-4-7-19)16-20-10-12-29-13-11-20/h2-13,17H,1,14-16,28H2/b24-17-. The van der Waals surface area contributed by atoms with E-state index >= 15 is 0 Å². The van der Waals surface area contributed by atoms with E-state index in [1.54, 1.807) is 40.9 Å². The number of thioether (sulfide) groups is 1. The lowest BCUT2D eigenvalue weighted by atomic mass is 10.1. The van der Waals surface area contributed by atoms with Crippen LogP contribution >= 0.6 is 35.0 Å². The van der Waals surface area contributed by atoms with Gasteiger partial charge in [-0.25, -0.2) is 0 Å². The molecule has 1 aromatic heterocycles. The van der Waals surface area contributed by atoms with Crippen molar-refractivity contribution in [2.24, 2.45) is 5.73 Å². The monoisotopic (exact) mass is 483 g/mol. The van der Waals surface area contributed by atoms with Gasteiger partial charge < -0.3 is 10.6 Å². The molecule has 2 aromatic carbocycles. The van der Waals surface area contributed by atoms with Gasteiger partial charge in [-0.3, -0.25) is 9.78 Å². The van der Waals surface area contributed by atoms with Crippen molar-refractivity contribution in [2.75, 3.05) is 0 Å². The molecular formula is C25H23Cl2N3OS. The Kier molecular flexibility index (Phi) is 8.80. The number of pyridine rings is 1. The van der Waals surface area contributed by atoms with Crippen LogP contribution in [0.2, 0.25) is 10.0 Å². The molecule has 1 heterocycles. The number of halogens is 2. The van der Waals surface area contributed by atoms with Gasteiger partial charge in [0.2, 0.25) is 0 Å². The van der Waals surface area contributed by atoms with E-state index in [-0.39, 0.29) is 11.6 Å². The van der Waals surface area contributed by atoms with Crippen molar-refractivity contribution >= 4 is 40.9 Å². The number of allylic oxidation sites excluding steroid dienone is 1. The molecule has 0 spiro atoms. The third-order valence-corrected chi connectivity index (χ3v) is 6.22. The molecule has 0 aliphatic rings. The topological polar surface area (TPSA) is 59.2 Å². The van der Waals surface area contributed by atoms with Gasteiger partial charge in [0.15, 0.2) is 0 Å². The third kappa shape index (κ3) is 6.89. The van der Waals surface area contributed by atoms with Crippen LogP contribution in [-0.4, -0.2) is 15.8 Å². The summed E-state index contributed by atoms with van der Waals surface area (Å²) >= 11 is 13.8. The van der Waals surface area contributed by atoms with Gasteiger partial charge >= 0.3 is 0 Å². The smallest absolute Gasteiger partial charge is 0.270 e. The molecular weight excluding hydrogens is 461 g/mol. The normalized spacial score (nSPS) is 11.2. The molecule has 1 amide bonds. The van der Waals surface area contributed by atoms with Gasteiger partial charge in [0, 0.05) is 47.4 Å². The Morgan fingerprint density at radius 1 is 0.969 bits per heavy atom. The number of amides is 1. The maximum atomic E-state index is 13.2. The quantitative estimate of drug-likeness (QED) is 0.367. The molecule has 0 fully saturated rings. The van der Waals surface area contributed by atoms with Gasteiger partial charge in [-0.05, 0) is 45.9 Å². The van der Waals surface area contributed by atoms with Crippen LogP contribution in [0.5, 0.6) is 0 Å². The van der Waals surface area contributed by atoms with Crippen molar-refractivity contribution in [1.29, 1.82) is 0 Å². The van der Waals surface area contributed by atoms with Gasteiger partial charge in [-0.15, -0.1) is 11.8 Å². The molecule has 0 radical (unpaired) electrons. The molecule has 0 saturated carbocycles. The lowest BCUT2D eigenvalue weighted by Gasteiger charge is -2.23. The van der Waals surface area contributed by atoms with Crippen LogP contribution in [-0.2, 0) is 24.3 Å². The van der Waals surface area contributed by atoms with Gasteiger partial charge in [0.1, 0.15) is 5.70 Å². The molecule has 0 bridgehead atoms. The number of benzene rings is 2. The van der Waals surface area contributed by atoms with Crippen molar-refractivity contribution < 1.29 is 4.79 Å². The Bertz CT molecular complexity index is 1040. The van der Waals surface area contributed by atoms with Gasteiger partial charge in [0.05, 0.1) is 0 Å². The van der Waals surface area contributed by atoms with E-state index in [9.17, 15) is 4.79 Å². The molecule has 0 atom stereocenters. The first-order chi connectivity index (χ1) is 15.4. The van der Waals surface area contributed by atoms with Crippen LogP contribution < -0.4 is 5.73 Å². The summed E-state index contributed by atoms with van der Waals surface area (Å²) in [5.41, 5.74) is 9.11. The van der Waals surface area contributed by atoms with E-state index < -0.39 is 0 Å². The number of carbonyl (C=O) groups excluding carboxylic acids is 1. The van der Waals surface area contributed by atoms with Crippen LogP contribution in [0, 0.1) is 0 Å². The first kappa shape index (κ1) is 23.9. The Hall–Kier alpha value is -2.73.